The highest BCUT2D eigenvalue weighted by molar-refractivity contribution is 5.98. The van der Waals surface area contributed by atoms with Crippen LogP contribution in [0.3, 0.4) is 0 Å². The minimum Gasteiger partial charge on any atom is -0.298 e. The molecule has 29 heavy (non-hydrogen) atoms. The Morgan fingerprint density at radius 2 is 2.00 bits per heavy atom. The van der Waals surface area contributed by atoms with Crippen LogP contribution in [0.2, 0.25) is 0 Å². The minimum atomic E-state index is -4.44. The zero-order valence-electron chi connectivity index (χ0n) is 17.4. The number of alkyl halides is 3. The fourth-order valence-electron chi connectivity index (χ4n) is 4.15. The number of aromatic nitrogens is 2. The number of carbonyl (C=O) groups excluding carboxylic acids is 1. The predicted molar refractivity (Wildman–Crippen MR) is 106 cm³/mol. The topological polar surface area (TPSA) is 38.1 Å². The number of ketones is 1. The van der Waals surface area contributed by atoms with E-state index in [0.29, 0.717) is 19.5 Å². The monoisotopic (exact) mass is 407 g/mol. The van der Waals surface area contributed by atoms with Gasteiger partial charge in [0.2, 0.25) is 0 Å². The molecule has 1 atom stereocenters. The summed E-state index contributed by atoms with van der Waals surface area (Å²) in [6.45, 7) is 10.4. The van der Waals surface area contributed by atoms with Gasteiger partial charge in [0.25, 0.3) is 0 Å². The molecule has 0 bridgehead atoms. The minimum absolute atomic E-state index is 0.145. The predicted octanol–water partition coefficient (Wildman–Crippen LogP) is 5.19. The number of rotatable bonds is 5. The molecule has 0 aliphatic carbocycles. The maximum absolute atomic E-state index is 13.0. The molecule has 0 amide bonds. The number of hydrogen-bond acceptors (Lipinski definition) is 3. The molecule has 0 radical (unpaired) electrons. The van der Waals surface area contributed by atoms with Crippen LogP contribution in [0.1, 0.15) is 65.6 Å². The van der Waals surface area contributed by atoms with Crippen LogP contribution in [0.15, 0.2) is 24.3 Å². The van der Waals surface area contributed by atoms with Gasteiger partial charge in [0.1, 0.15) is 0 Å². The van der Waals surface area contributed by atoms with Crippen LogP contribution in [0, 0.1) is 19.8 Å². The van der Waals surface area contributed by atoms with E-state index in [4.69, 9.17) is 0 Å². The van der Waals surface area contributed by atoms with Gasteiger partial charge < -0.3 is 0 Å². The van der Waals surface area contributed by atoms with E-state index in [0.717, 1.165) is 36.5 Å². The number of halogens is 3. The molecule has 0 spiro atoms. The maximum atomic E-state index is 13.0. The molecule has 0 unspecified atom stereocenters. The van der Waals surface area contributed by atoms with E-state index in [1.165, 1.54) is 17.7 Å². The van der Waals surface area contributed by atoms with Crippen molar-refractivity contribution in [2.75, 3.05) is 13.1 Å². The Morgan fingerprint density at radius 3 is 2.62 bits per heavy atom. The normalized spacial score (nSPS) is 18.4. The Labute approximate surface area is 169 Å². The quantitative estimate of drug-likeness (QED) is 0.640. The number of likely N-dealkylation sites (tertiary alicyclic amines) is 1. The summed E-state index contributed by atoms with van der Waals surface area (Å²) < 4.78 is 41.0. The Bertz CT molecular complexity index is 886. The van der Waals surface area contributed by atoms with Crippen molar-refractivity contribution in [1.29, 1.82) is 0 Å². The van der Waals surface area contributed by atoms with Crippen LogP contribution < -0.4 is 0 Å². The molecule has 1 aliphatic rings. The number of aryl methyl sites for hydroxylation is 1. The van der Waals surface area contributed by atoms with Gasteiger partial charge >= 0.3 is 6.18 Å². The van der Waals surface area contributed by atoms with Gasteiger partial charge in [-0.05, 0) is 59.2 Å². The maximum Gasteiger partial charge on any atom is 0.416 e. The summed E-state index contributed by atoms with van der Waals surface area (Å²) in [6, 6.07) is 5.05. The van der Waals surface area contributed by atoms with Crippen molar-refractivity contribution < 1.29 is 18.0 Å². The van der Waals surface area contributed by atoms with Crippen molar-refractivity contribution in [3.05, 3.63) is 52.3 Å². The number of hydrogen-bond donors (Lipinski definition) is 0. The molecule has 1 fully saturated rings. The van der Waals surface area contributed by atoms with Gasteiger partial charge in [-0.3, -0.25) is 14.4 Å². The highest BCUT2D eigenvalue weighted by Crippen LogP contribution is 2.31. The Kier molecular flexibility index (Phi) is 6.17. The SMILES string of the molecule is Cc1nn(C(C)C)c(C)c1CN1CCC[C@@H](C(=O)c2cccc(C(F)(F)F)c2)C1. The molecule has 2 heterocycles. The molecule has 4 nitrogen and oxygen atoms in total. The third-order valence-electron chi connectivity index (χ3n) is 5.70. The van der Waals surface area contributed by atoms with E-state index in [-0.39, 0.29) is 23.3 Å². The number of carbonyl (C=O) groups is 1. The van der Waals surface area contributed by atoms with Crippen molar-refractivity contribution in [3.63, 3.8) is 0 Å². The van der Waals surface area contributed by atoms with E-state index in [1.54, 1.807) is 0 Å². The van der Waals surface area contributed by atoms with Gasteiger partial charge in [0.05, 0.1) is 11.3 Å². The van der Waals surface area contributed by atoms with Crippen molar-refractivity contribution in [3.8, 4) is 0 Å². The fraction of sp³-hybridized carbons (Fsp3) is 0.545. The first-order valence-electron chi connectivity index (χ1n) is 10.1. The van der Waals surface area contributed by atoms with Crippen molar-refractivity contribution in [2.24, 2.45) is 5.92 Å². The molecular weight excluding hydrogens is 379 g/mol. The number of nitrogens with zero attached hydrogens (tertiary/aromatic N) is 3. The Hall–Kier alpha value is -2.15. The summed E-state index contributed by atoms with van der Waals surface area (Å²) in [4.78, 5) is 15.1. The summed E-state index contributed by atoms with van der Waals surface area (Å²) in [7, 11) is 0. The third-order valence-corrected chi connectivity index (χ3v) is 5.70. The lowest BCUT2D eigenvalue weighted by atomic mass is 9.89. The summed E-state index contributed by atoms with van der Waals surface area (Å²) in [6.07, 6.45) is -2.89. The number of Topliss-reactive ketones (excluding diaryl/α,β-unsaturated/α-hetero) is 1. The molecular formula is C22H28F3N3O. The molecule has 7 heteroatoms. The summed E-state index contributed by atoms with van der Waals surface area (Å²) in [5.41, 5.74) is 2.66. The zero-order chi connectivity index (χ0) is 21.3. The molecule has 3 rings (SSSR count). The highest BCUT2D eigenvalue weighted by atomic mass is 19.4. The van der Waals surface area contributed by atoms with Crippen LogP contribution in [0.4, 0.5) is 13.2 Å². The van der Waals surface area contributed by atoms with E-state index < -0.39 is 11.7 Å². The average molecular weight is 407 g/mol. The summed E-state index contributed by atoms with van der Waals surface area (Å²) in [5.74, 6) is -0.486. The average Bonchev–Trinajstić information content (AvgIpc) is 2.95. The van der Waals surface area contributed by atoms with E-state index >= 15 is 0 Å². The second kappa shape index (κ2) is 8.30. The molecule has 1 aromatic carbocycles. The number of benzene rings is 1. The lowest BCUT2D eigenvalue weighted by molar-refractivity contribution is -0.137. The van der Waals surface area contributed by atoms with Crippen LogP contribution in [0.5, 0.6) is 0 Å². The van der Waals surface area contributed by atoms with Crippen LogP contribution in [0.25, 0.3) is 0 Å². The van der Waals surface area contributed by atoms with Gasteiger partial charge in [-0.2, -0.15) is 18.3 Å². The van der Waals surface area contributed by atoms with Gasteiger partial charge in [0, 0.05) is 41.9 Å². The molecule has 1 aromatic heterocycles. The summed E-state index contributed by atoms with van der Waals surface area (Å²) >= 11 is 0. The molecule has 0 N–H and O–H groups in total. The lowest BCUT2D eigenvalue weighted by Gasteiger charge is -2.32. The van der Waals surface area contributed by atoms with E-state index in [9.17, 15) is 18.0 Å². The molecule has 2 aromatic rings. The smallest absolute Gasteiger partial charge is 0.298 e. The third kappa shape index (κ3) is 4.71. The van der Waals surface area contributed by atoms with Crippen molar-refractivity contribution in [2.45, 2.75) is 59.3 Å². The Balaban J connectivity index is 1.74. The van der Waals surface area contributed by atoms with Crippen LogP contribution >= 0.6 is 0 Å². The highest BCUT2D eigenvalue weighted by Gasteiger charge is 2.32. The van der Waals surface area contributed by atoms with Crippen molar-refractivity contribution >= 4 is 5.78 Å². The number of piperidine rings is 1. The lowest BCUT2D eigenvalue weighted by Crippen LogP contribution is -2.38. The van der Waals surface area contributed by atoms with E-state index in [1.807, 2.05) is 11.6 Å². The second-order valence-electron chi connectivity index (χ2n) is 8.20. The largest absolute Gasteiger partial charge is 0.416 e. The summed E-state index contributed by atoms with van der Waals surface area (Å²) in [5, 5.41) is 4.63. The van der Waals surface area contributed by atoms with Crippen LogP contribution in [-0.2, 0) is 12.7 Å². The Morgan fingerprint density at radius 1 is 1.28 bits per heavy atom. The fourth-order valence-corrected chi connectivity index (χ4v) is 4.15. The first-order valence-corrected chi connectivity index (χ1v) is 10.1. The van der Waals surface area contributed by atoms with Gasteiger partial charge in [-0.15, -0.1) is 0 Å². The van der Waals surface area contributed by atoms with Gasteiger partial charge in [-0.25, -0.2) is 0 Å². The molecule has 1 aliphatic heterocycles. The first kappa shape index (κ1) is 21.6. The first-order chi connectivity index (χ1) is 13.6. The van der Waals surface area contributed by atoms with Gasteiger partial charge in [0.15, 0.2) is 5.78 Å². The second-order valence-corrected chi connectivity index (χ2v) is 8.20. The van der Waals surface area contributed by atoms with Crippen LogP contribution in [-0.4, -0.2) is 33.6 Å². The molecule has 158 valence electrons. The molecule has 1 saturated heterocycles. The van der Waals surface area contributed by atoms with Gasteiger partial charge in [-0.1, -0.05) is 12.1 Å². The standard InChI is InChI=1S/C22H28F3N3O/c1-14(2)28-16(4)20(15(3)26-28)13-27-10-6-8-18(12-27)21(29)17-7-5-9-19(11-17)22(23,24)25/h5,7,9,11,14,18H,6,8,10,12-13H2,1-4H3/t18-/m1/s1. The molecule has 0 saturated carbocycles. The zero-order valence-corrected chi connectivity index (χ0v) is 17.4. The van der Waals surface area contributed by atoms with Crippen molar-refractivity contribution in [1.82, 2.24) is 14.7 Å². The van der Waals surface area contributed by atoms with E-state index in [2.05, 4.69) is 30.8 Å².